The highest BCUT2D eigenvalue weighted by atomic mass is 32.2. The third-order valence-corrected chi connectivity index (χ3v) is 6.96. The summed E-state index contributed by atoms with van der Waals surface area (Å²) in [7, 11) is 0. The van der Waals surface area contributed by atoms with Crippen molar-refractivity contribution in [1.29, 1.82) is 0 Å². The smallest absolute Gasteiger partial charge is 0.279 e. The molecule has 0 spiro atoms. The van der Waals surface area contributed by atoms with E-state index in [0.29, 0.717) is 16.6 Å². The summed E-state index contributed by atoms with van der Waals surface area (Å²) in [6, 6.07) is 7.45. The van der Waals surface area contributed by atoms with Crippen molar-refractivity contribution in [3.8, 4) is 10.7 Å². The predicted octanol–water partition coefficient (Wildman–Crippen LogP) is 2.80. The molecule has 2 amide bonds. The second-order valence-corrected chi connectivity index (χ2v) is 9.14. The molecule has 1 saturated heterocycles. The van der Waals surface area contributed by atoms with Crippen molar-refractivity contribution in [2.45, 2.75) is 30.6 Å². The van der Waals surface area contributed by atoms with Gasteiger partial charge in [0.1, 0.15) is 0 Å². The Kier molecular flexibility index (Phi) is 6.60. The van der Waals surface area contributed by atoms with Crippen LogP contribution in [0.2, 0.25) is 0 Å². The number of rotatable bonds is 7. The van der Waals surface area contributed by atoms with Gasteiger partial charge in [0.2, 0.25) is 5.91 Å². The van der Waals surface area contributed by atoms with E-state index in [1.807, 2.05) is 22.1 Å². The normalized spacial score (nSPS) is 16.1. The SMILES string of the molecule is O=C(CSc1nnc(-c2cccs2)n1CC1CCCO1)NNC(=O)c1cccs1. The molecule has 0 aromatic carbocycles. The number of thiophene rings is 2. The Labute approximate surface area is 179 Å². The lowest BCUT2D eigenvalue weighted by atomic mass is 10.2. The van der Waals surface area contributed by atoms with Gasteiger partial charge in [0.15, 0.2) is 11.0 Å². The second-order valence-electron chi connectivity index (χ2n) is 6.30. The van der Waals surface area contributed by atoms with Crippen LogP contribution in [0.1, 0.15) is 22.5 Å². The van der Waals surface area contributed by atoms with Crippen molar-refractivity contribution in [3.05, 3.63) is 39.9 Å². The van der Waals surface area contributed by atoms with E-state index in [-0.39, 0.29) is 23.7 Å². The van der Waals surface area contributed by atoms with E-state index >= 15 is 0 Å². The number of nitrogens with zero attached hydrogens (tertiary/aromatic N) is 3. The average Bonchev–Trinajstić information content (AvgIpc) is 3.52. The largest absolute Gasteiger partial charge is 0.376 e. The van der Waals surface area contributed by atoms with Gasteiger partial charge in [-0.25, -0.2) is 0 Å². The standard InChI is InChI=1S/C18H19N5O3S3/c24-15(19-21-17(25)14-6-3-9-28-14)11-29-18-22-20-16(13-5-2-8-27-13)23(18)10-12-4-1-7-26-12/h2-3,5-6,8-9,12H,1,4,7,10-11H2,(H,19,24)(H,21,25). The van der Waals surface area contributed by atoms with Crippen LogP contribution in [0.5, 0.6) is 0 Å². The first-order chi connectivity index (χ1) is 14.2. The first-order valence-electron chi connectivity index (χ1n) is 9.05. The highest BCUT2D eigenvalue weighted by molar-refractivity contribution is 7.99. The first kappa shape index (κ1) is 20.1. The molecule has 29 heavy (non-hydrogen) atoms. The van der Waals surface area contributed by atoms with E-state index < -0.39 is 0 Å². The Morgan fingerprint density at radius 1 is 1.21 bits per heavy atom. The zero-order valence-electron chi connectivity index (χ0n) is 15.4. The molecule has 152 valence electrons. The molecule has 0 aliphatic carbocycles. The number of carbonyl (C=O) groups excluding carboxylic acids is 2. The Bertz CT molecular complexity index is 950. The van der Waals surface area contributed by atoms with Crippen molar-refractivity contribution in [2.24, 2.45) is 0 Å². The summed E-state index contributed by atoms with van der Waals surface area (Å²) in [5.74, 6) is 0.243. The maximum atomic E-state index is 12.2. The van der Waals surface area contributed by atoms with Crippen molar-refractivity contribution < 1.29 is 14.3 Å². The molecule has 1 aliphatic rings. The van der Waals surface area contributed by atoms with Gasteiger partial charge in [-0.2, -0.15) is 0 Å². The Hall–Kier alpha value is -2.21. The summed E-state index contributed by atoms with van der Waals surface area (Å²) in [5, 5.41) is 13.1. The number of ether oxygens (including phenoxy) is 1. The molecule has 0 saturated carbocycles. The molecule has 3 aromatic heterocycles. The van der Waals surface area contributed by atoms with Crippen LogP contribution in [0.25, 0.3) is 10.7 Å². The molecule has 4 rings (SSSR count). The molecule has 0 bridgehead atoms. The van der Waals surface area contributed by atoms with Gasteiger partial charge in [-0.05, 0) is 35.7 Å². The Morgan fingerprint density at radius 3 is 2.79 bits per heavy atom. The number of amides is 2. The van der Waals surface area contributed by atoms with Gasteiger partial charge in [-0.3, -0.25) is 25.0 Å². The van der Waals surface area contributed by atoms with Crippen LogP contribution < -0.4 is 10.9 Å². The molecular formula is C18H19N5O3S3. The zero-order valence-corrected chi connectivity index (χ0v) is 17.8. The number of nitrogens with one attached hydrogen (secondary N) is 2. The molecule has 8 nitrogen and oxygen atoms in total. The van der Waals surface area contributed by atoms with Crippen LogP contribution >= 0.6 is 34.4 Å². The molecular weight excluding hydrogens is 430 g/mol. The lowest BCUT2D eigenvalue weighted by Crippen LogP contribution is -2.42. The van der Waals surface area contributed by atoms with Crippen molar-refractivity contribution in [1.82, 2.24) is 25.6 Å². The lowest BCUT2D eigenvalue weighted by molar-refractivity contribution is -0.119. The third-order valence-electron chi connectivity index (χ3n) is 4.26. The van der Waals surface area contributed by atoms with Crippen LogP contribution in [0.3, 0.4) is 0 Å². The van der Waals surface area contributed by atoms with E-state index in [4.69, 9.17) is 4.74 Å². The van der Waals surface area contributed by atoms with Crippen molar-refractivity contribution in [3.63, 3.8) is 0 Å². The van der Waals surface area contributed by atoms with Gasteiger partial charge in [-0.1, -0.05) is 23.9 Å². The van der Waals surface area contributed by atoms with E-state index in [1.165, 1.54) is 23.1 Å². The highest BCUT2D eigenvalue weighted by Gasteiger charge is 2.22. The van der Waals surface area contributed by atoms with E-state index in [9.17, 15) is 9.59 Å². The maximum absolute atomic E-state index is 12.2. The first-order valence-corrected chi connectivity index (χ1v) is 11.8. The molecule has 1 atom stereocenters. The fourth-order valence-corrected chi connectivity index (χ4v) is 4.99. The minimum atomic E-state index is -0.333. The lowest BCUT2D eigenvalue weighted by Gasteiger charge is -2.14. The summed E-state index contributed by atoms with van der Waals surface area (Å²) >= 11 is 4.19. The molecule has 0 radical (unpaired) electrons. The third kappa shape index (κ3) is 5.04. The summed E-state index contributed by atoms with van der Waals surface area (Å²) in [5.41, 5.74) is 4.85. The van der Waals surface area contributed by atoms with Crippen LogP contribution in [-0.4, -0.2) is 45.0 Å². The van der Waals surface area contributed by atoms with Crippen LogP contribution in [0, 0.1) is 0 Å². The summed E-state index contributed by atoms with van der Waals surface area (Å²) < 4.78 is 7.79. The predicted molar refractivity (Wildman–Crippen MR) is 113 cm³/mol. The molecule has 1 fully saturated rings. The quantitative estimate of drug-likeness (QED) is 0.425. The van der Waals surface area contributed by atoms with E-state index in [1.54, 1.807) is 28.8 Å². The molecule has 3 aromatic rings. The Balaban J connectivity index is 1.38. The monoisotopic (exact) mass is 449 g/mol. The minimum absolute atomic E-state index is 0.110. The van der Waals surface area contributed by atoms with Crippen LogP contribution in [0.4, 0.5) is 0 Å². The molecule has 2 N–H and O–H groups in total. The summed E-state index contributed by atoms with van der Waals surface area (Å²) in [6.07, 6.45) is 2.18. The van der Waals surface area contributed by atoms with E-state index in [2.05, 4.69) is 21.0 Å². The average molecular weight is 450 g/mol. The van der Waals surface area contributed by atoms with Gasteiger partial charge in [0.25, 0.3) is 5.91 Å². The van der Waals surface area contributed by atoms with E-state index in [0.717, 1.165) is 30.2 Å². The van der Waals surface area contributed by atoms with Crippen molar-refractivity contribution in [2.75, 3.05) is 12.4 Å². The van der Waals surface area contributed by atoms with Crippen LogP contribution in [0.15, 0.2) is 40.2 Å². The fraction of sp³-hybridized carbons (Fsp3) is 0.333. The van der Waals surface area contributed by atoms with Crippen molar-refractivity contribution >= 4 is 46.2 Å². The summed E-state index contributed by atoms with van der Waals surface area (Å²) in [4.78, 5) is 25.6. The number of carbonyl (C=O) groups is 2. The topological polar surface area (TPSA) is 98.1 Å². The Morgan fingerprint density at radius 2 is 2.07 bits per heavy atom. The highest BCUT2D eigenvalue weighted by Crippen LogP contribution is 2.29. The number of hydrazine groups is 1. The van der Waals surface area contributed by atoms with Crippen LogP contribution in [-0.2, 0) is 16.1 Å². The fourth-order valence-electron chi connectivity index (χ4n) is 2.90. The van der Waals surface area contributed by atoms with Gasteiger partial charge in [-0.15, -0.1) is 32.9 Å². The van der Waals surface area contributed by atoms with Gasteiger partial charge >= 0.3 is 0 Å². The minimum Gasteiger partial charge on any atom is -0.376 e. The van der Waals surface area contributed by atoms with Gasteiger partial charge < -0.3 is 4.74 Å². The molecule has 11 heteroatoms. The summed E-state index contributed by atoms with van der Waals surface area (Å²) in [6.45, 7) is 1.43. The number of hydrogen-bond donors (Lipinski definition) is 2. The number of hydrogen-bond acceptors (Lipinski definition) is 8. The zero-order chi connectivity index (χ0) is 20.1. The maximum Gasteiger partial charge on any atom is 0.279 e. The molecule has 1 unspecified atom stereocenters. The number of aromatic nitrogens is 3. The number of thioether (sulfide) groups is 1. The second kappa shape index (κ2) is 9.53. The van der Waals surface area contributed by atoms with Gasteiger partial charge in [0.05, 0.1) is 28.2 Å². The van der Waals surface area contributed by atoms with Gasteiger partial charge in [0, 0.05) is 6.61 Å². The molecule has 1 aliphatic heterocycles. The molecule has 4 heterocycles.